The number of nitrogens with zero attached hydrogens (tertiary/aromatic N) is 2. The maximum atomic E-state index is 13.1. The average Bonchev–Trinajstić information content (AvgIpc) is 2.71. The molecule has 3 rings (SSSR count). The lowest BCUT2D eigenvalue weighted by atomic mass is 10.0. The van der Waals surface area contributed by atoms with E-state index in [-0.39, 0.29) is 11.9 Å². The summed E-state index contributed by atoms with van der Waals surface area (Å²) in [5, 5.41) is 0. The van der Waals surface area contributed by atoms with Crippen LogP contribution in [-0.4, -0.2) is 9.55 Å². The standard InChI is InChI=1S/C11H9FN2/c1-7-9-3-2-8(12)4-10(9)11-5-13-6-14(7)11/h2-7H,1H3. The van der Waals surface area contributed by atoms with Crippen molar-refractivity contribution >= 4 is 0 Å². The van der Waals surface area contributed by atoms with Crippen LogP contribution in [-0.2, 0) is 0 Å². The SMILES string of the molecule is CC1c2ccc(F)cc2-c2cncn21. The van der Waals surface area contributed by atoms with E-state index in [1.54, 1.807) is 18.6 Å². The number of rotatable bonds is 0. The molecule has 0 bridgehead atoms. The molecule has 2 nitrogen and oxygen atoms in total. The number of hydrogen-bond acceptors (Lipinski definition) is 1. The van der Waals surface area contributed by atoms with Crippen molar-refractivity contribution in [3.63, 3.8) is 0 Å². The summed E-state index contributed by atoms with van der Waals surface area (Å²) in [6, 6.07) is 5.20. The number of imidazole rings is 1. The molecule has 1 aliphatic rings. The van der Waals surface area contributed by atoms with Gasteiger partial charge in [-0.05, 0) is 24.6 Å². The van der Waals surface area contributed by atoms with Crippen LogP contribution < -0.4 is 0 Å². The molecule has 0 aliphatic carbocycles. The fraction of sp³-hybridized carbons (Fsp3) is 0.182. The van der Waals surface area contributed by atoms with Crippen LogP contribution >= 0.6 is 0 Å². The molecule has 1 unspecified atom stereocenters. The van der Waals surface area contributed by atoms with Gasteiger partial charge >= 0.3 is 0 Å². The Hall–Kier alpha value is -1.64. The maximum absolute atomic E-state index is 13.1. The van der Waals surface area contributed by atoms with Gasteiger partial charge in [-0.25, -0.2) is 9.37 Å². The lowest BCUT2D eigenvalue weighted by molar-refractivity contribution is 0.626. The van der Waals surface area contributed by atoms with Crippen LogP contribution in [0.2, 0.25) is 0 Å². The largest absolute Gasteiger partial charge is 0.323 e. The van der Waals surface area contributed by atoms with E-state index in [9.17, 15) is 4.39 Å². The minimum Gasteiger partial charge on any atom is -0.323 e. The third kappa shape index (κ3) is 0.816. The van der Waals surface area contributed by atoms with Crippen molar-refractivity contribution in [2.75, 3.05) is 0 Å². The van der Waals surface area contributed by atoms with Crippen molar-refractivity contribution in [3.8, 4) is 11.3 Å². The monoisotopic (exact) mass is 188 g/mol. The Balaban J connectivity index is 2.34. The van der Waals surface area contributed by atoms with Crippen molar-refractivity contribution in [1.82, 2.24) is 9.55 Å². The zero-order chi connectivity index (χ0) is 9.71. The topological polar surface area (TPSA) is 17.8 Å². The minimum atomic E-state index is -0.189. The molecule has 1 aliphatic heterocycles. The molecule has 70 valence electrons. The Morgan fingerprint density at radius 1 is 1.43 bits per heavy atom. The molecule has 0 saturated carbocycles. The van der Waals surface area contributed by atoms with Gasteiger partial charge in [-0.2, -0.15) is 0 Å². The van der Waals surface area contributed by atoms with Crippen molar-refractivity contribution in [3.05, 3.63) is 42.1 Å². The highest BCUT2D eigenvalue weighted by Gasteiger charge is 2.24. The Labute approximate surface area is 81.0 Å². The average molecular weight is 188 g/mol. The van der Waals surface area contributed by atoms with E-state index in [2.05, 4.69) is 16.5 Å². The van der Waals surface area contributed by atoms with E-state index in [1.165, 1.54) is 11.6 Å². The predicted octanol–water partition coefficient (Wildman–Crippen LogP) is 2.61. The molecule has 14 heavy (non-hydrogen) atoms. The van der Waals surface area contributed by atoms with Crippen LogP contribution in [0.25, 0.3) is 11.3 Å². The summed E-state index contributed by atoms with van der Waals surface area (Å²) in [5.41, 5.74) is 3.14. The van der Waals surface area contributed by atoms with Crippen LogP contribution in [0.1, 0.15) is 18.5 Å². The van der Waals surface area contributed by atoms with Crippen molar-refractivity contribution in [2.45, 2.75) is 13.0 Å². The van der Waals surface area contributed by atoms with Crippen LogP contribution in [0, 0.1) is 5.82 Å². The molecule has 2 aromatic rings. The first-order chi connectivity index (χ1) is 6.77. The second-order valence-electron chi connectivity index (χ2n) is 3.59. The van der Waals surface area contributed by atoms with E-state index in [1.807, 2.05) is 6.07 Å². The molecule has 0 spiro atoms. The smallest absolute Gasteiger partial charge is 0.123 e. The minimum absolute atomic E-state index is 0.189. The van der Waals surface area contributed by atoms with Gasteiger partial charge in [0, 0.05) is 5.56 Å². The summed E-state index contributed by atoms with van der Waals surface area (Å²) < 4.78 is 15.1. The summed E-state index contributed by atoms with van der Waals surface area (Å²) in [6.07, 6.45) is 3.57. The Bertz CT molecular complexity index is 502. The Morgan fingerprint density at radius 2 is 2.29 bits per heavy atom. The lowest BCUT2D eigenvalue weighted by Crippen LogP contribution is -1.98. The van der Waals surface area contributed by atoms with Crippen LogP contribution in [0.4, 0.5) is 4.39 Å². The van der Waals surface area contributed by atoms with E-state index >= 15 is 0 Å². The van der Waals surface area contributed by atoms with Crippen molar-refractivity contribution in [1.29, 1.82) is 0 Å². The first-order valence-corrected chi connectivity index (χ1v) is 4.59. The third-order valence-electron chi connectivity index (χ3n) is 2.82. The number of fused-ring (bicyclic) bond motifs is 3. The lowest BCUT2D eigenvalue weighted by Gasteiger charge is -2.06. The highest BCUT2D eigenvalue weighted by molar-refractivity contribution is 5.68. The van der Waals surface area contributed by atoms with E-state index < -0.39 is 0 Å². The number of hydrogen-bond donors (Lipinski definition) is 0. The zero-order valence-corrected chi connectivity index (χ0v) is 7.74. The molecule has 0 radical (unpaired) electrons. The number of benzene rings is 1. The molecule has 0 N–H and O–H groups in total. The Kier molecular flexibility index (Phi) is 1.35. The van der Waals surface area contributed by atoms with Gasteiger partial charge < -0.3 is 4.57 Å². The third-order valence-corrected chi connectivity index (χ3v) is 2.82. The molecule has 2 heterocycles. The Morgan fingerprint density at radius 3 is 3.14 bits per heavy atom. The molecule has 0 saturated heterocycles. The number of halogens is 1. The molecular weight excluding hydrogens is 179 g/mol. The van der Waals surface area contributed by atoms with Crippen LogP contribution in [0.5, 0.6) is 0 Å². The van der Waals surface area contributed by atoms with Gasteiger partial charge in [-0.3, -0.25) is 0 Å². The van der Waals surface area contributed by atoms with Gasteiger partial charge in [-0.15, -0.1) is 0 Å². The molecule has 1 aromatic heterocycles. The first-order valence-electron chi connectivity index (χ1n) is 4.59. The van der Waals surface area contributed by atoms with Gasteiger partial charge in [0.1, 0.15) is 5.82 Å². The van der Waals surface area contributed by atoms with Crippen LogP contribution in [0.3, 0.4) is 0 Å². The van der Waals surface area contributed by atoms with E-state index in [4.69, 9.17) is 0 Å². The first kappa shape index (κ1) is 7.74. The van der Waals surface area contributed by atoms with Crippen molar-refractivity contribution < 1.29 is 4.39 Å². The fourth-order valence-electron chi connectivity index (χ4n) is 2.09. The molecular formula is C11H9FN2. The highest BCUT2D eigenvalue weighted by atomic mass is 19.1. The summed E-state index contributed by atoms with van der Waals surface area (Å²) >= 11 is 0. The summed E-state index contributed by atoms with van der Waals surface area (Å²) in [4.78, 5) is 4.06. The second-order valence-corrected chi connectivity index (χ2v) is 3.59. The van der Waals surface area contributed by atoms with Gasteiger partial charge in [-0.1, -0.05) is 6.07 Å². The predicted molar refractivity (Wildman–Crippen MR) is 51.4 cm³/mol. The maximum Gasteiger partial charge on any atom is 0.123 e. The zero-order valence-electron chi connectivity index (χ0n) is 7.74. The van der Waals surface area contributed by atoms with Crippen LogP contribution in [0.15, 0.2) is 30.7 Å². The van der Waals surface area contributed by atoms with Gasteiger partial charge in [0.05, 0.1) is 24.3 Å². The molecule has 0 fully saturated rings. The molecule has 3 heteroatoms. The molecule has 1 aromatic carbocycles. The van der Waals surface area contributed by atoms with Gasteiger partial charge in [0.2, 0.25) is 0 Å². The fourth-order valence-corrected chi connectivity index (χ4v) is 2.09. The second kappa shape index (κ2) is 2.44. The van der Waals surface area contributed by atoms with Crippen molar-refractivity contribution in [2.24, 2.45) is 0 Å². The molecule has 1 atom stereocenters. The number of aromatic nitrogens is 2. The summed E-state index contributed by atoms with van der Waals surface area (Å²) in [7, 11) is 0. The van der Waals surface area contributed by atoms with E-state index in [0.29, 0.717) is 0 Å². The van der Waals surface area contributed by atoms with Gasteiger partial charge in [0.15, 0.2) is 0 Å². The van der Waals surface area contributed by atoms with E-state index in [0.717, 1.165) is 11.3 Å². The van der Waals surface area contributed by atoms with Gasteiger partial charge in [0.25, 0.3) is 0 Å². The molecule has 0 amide bonds. The quantitative estimate of drug-likeness (QED) is 0.621. The highest BCUT2D eigenvalue weighted by Crippen LogP contribution is 2.38. The normalized spacial score (nSPS) is 18.0. The summed E-state index contributed by atoms with van der Waals surface area (Å²) in [6.45, 7) is 2.09. The summed E-state index contributed by atoms with van der Waals surface area (Å²) in [5.74, 6) is -0.189.